The van der Waals surface area contributed by atoms with Crippen LogP contribution in [0.15, 0.2) is 29.2 Å². The van der Waals surface area contributed by atoms with E-state index in [1.807, 2.05) is 0 Å². The van der Waals surface area contributed by atoms with Crippen LogP contribution in [0.1, 0.15) is 17.7 Å². The van der Waals surface area contributed by atoms with Gasteiger partial charge in [0.2, 0.25) is 15.9 Å². The van der Waals surface area contributed by atoms with Crippen molar-refractivity contribution in [3.8, 4) is 11.6 Å². The van der Waals surface area contributed by atoms with E-state index in [0.717, 1.165) is 13.0 Å². The topological polar surface area (TPSA) is 82.5 Å². The Kier molecular flexibility index (Phi) is 4.27. The van der Waals surface area contributed by atoms with Gasteiger partial charge in [-0.2, -0.15) is 5.10 Å². The molecule has 0 unspecified atom stereocenters. The molecule has 2 aromatic rings. The number of nitrogens with zero attached hydrogens (tertiary/aromatic N) is 2. The summed E-state index contributed by atoms with van der Waals surface area (Å²) < 4.78 is 39.8. The molecule has 0 fully saturated rings. The Labute approximate surface area is 135 Å². The maximum atomic E-state index is 12.5. The van der Waals surface area contributed by atoms with Gasteiger partial charge in [0, 0.05) is 19.0 Å². The Morgan fingerprint density at radius 3 is 2.91 bits per heavy atom. The predicted molar refractivity (Wildman–Crippen MR) is 84.1 cm³/mol. The third-order valence-electron chi connectivity index (χ3n) is 3.67. The molecular formula is C15H19N3O4S. The summed E-state index contributed by atoms with van der Waals surface area (Å²) in [6.45, 7) is 3.32. The van der Waals surface area contributed by atoms with Gasteiger partial charge in [-0.3, -0.25) is 0 Å². The van der Waals surface area contributed by atoms with E-state index >= 15 is 0 Å². The largest absolute Gasteiger partial charge is 0.497 e. The molecule has 7 nitrogen and oxygen atoms in total. The maximum absolute atomic E-state index is 12.5. The molecule has 0 saturated carbocycles. The highest BCUT2D eigenvalue weighted by Gasteiger charge is 2.19. The summed E-state index contributed by atoms with van der Waals surface area (Å²) in [6, 6.07) is 6.63. The number of methoxy groups -OCH3 is 1. The van der Waals surface area contributed by atoms with E-state index in [9.17, 15) is 8.42 Å². The highest BCUT2D eigenvalue weighted by atomic mass is 32.2. The monoisotopic (exact) mass is 337 g/mol. The van der Waals surface area contributed by atoms with E-state index in [-0.39, 0.29) is 11.4 Å². The number of ether oxygens (including phenoxy) is 2. The number of aromatic nitrogens is 2. The average Bonchev–Trinajstić information content (AvgIpc) is 2.95. The number of nitrogens with one attached hydrogen (secondary N) is 1. The van der Waals surface area contributed by atoms with Crippen LogP contribution in [0.2, 0.25) is 0 Å². The van der Waals surface area contributed by atoms with Crippen LogP contribution in [0.5, 0.6) is 11.6 Å². The minimum Gasteiger partial charge on any atom is -0.497 e. The fraction of sp³-hybridized carbons (Fsp3) is 0.400. The summed E-state index contributed by atoms with van der Waals surface area (Å²) in [5.74, 6) is 1.31. The SMILES string of the molecule is COc1ccc(S(=O)(=O)NCc2cc3n(n2)CCCO3)c(C)c1. The predicted octanol–water partition coefficient (Wildman–Crippen LogP) is 1.46. The molecule has 0 bridgehead atoms. The van der Waals surface area contributed by atoms with E-state index in [1.165, 1.54) is 6.07 Å². The molecule has 0 saturated heterocycles. The van der Waals surface area contributed by atoms with Crippen molar-refractivity contribution in [2.24, 2.45) is 0 Å². The molecule has 0 radical (unpaired) electrons. The zero-order chi connectivity index (χ0) is 16.4. The third kappa shape index (κ3) is 3.32. The summed E-state index contributed by atoms with van der Waals surface area (Å²) in [4.78, 5) is 0.235. The molecular weight excluding hydrogens is 318 g/mol. The number of aryl methyl sites for hydroxylation is 2. The van der Waals surface area contributed by atoms with E-state index in [2.05, 4.69) is 9.82 Å². The van der Waals surface area contributed by atoms with Crippen LogP contribution in [0.4, 0.5) is 0 Å². The van der Waals surface area contributed by atoms with Gasteiger partial charge < -0.3 is 9.47 Å². The van der Waals surface area contributed by atoms with Gasteiger partial charge in [0.05, 0.1) is 30.9 Å². The lowest BCUT2D eigenvalue weighted by molar-refractivity contribution is 0.230. The van der Waals surface area contributed by atoms with Crippen LogP contribution in [0, 0.1) is 6.92 Å². The molecule has 1 N–H and O–H groups in total. The summed E-state index contributed by atoms with van der Waals surface area (Å²) in [5.41, 5.74) is 1.26. The highest BCUT2D eigenvalue weighted by molar-refractivity contribution is 7.89. The Bertz CT molecular complexity index is 791. The highest BCUT2D eigenvalue weighted by Crippen LogP contribution is 2.22. The first-order valence-electron chi connectivity index (χ1n) is 7.33. The van der Waals surface area contributed by atoms with Gasteiger partial charge in [0.1, 0.15) is 5.75 Å². The molecule has 1 aliphatic rings. The molecule has 23 heavy (non-hydrogen) atoms. The number of rotatable bonds is 5. The first-order valence-corrected chi connectivity index (χ1v) is 8.82. The molecule has 1 aromatic carbocycles. The molecule has 1 aromatic heterocycles. The van der Waals surface area contributed by atoms with Gasteiger partial charge >= 0.3 is 0 Å². The summed E-state index contributed by atoms with van der Waals surface area (Å²) in [5, 5.41) is 4.34. The number of hydrogen-bond donors (Lipinski definition) is 1. The molecule has 124 valence electrons. The van der Waals surface area contributed by atoms with Crippen molar-refractivity contribution in [3.05, 3.63) is 35.5 Å². The Balaban J connectivity index is 1.75. The molecule has 0 amide bonds. The lowest BCUT2D eigenvalue weighted by Gasteiger charge is -2.13. The number of sulfonamides is 1. The number of benzene rings is 1. The second-order valence-corrected chi connectivity index (χ2v) is 7.09. The van der Waals surface area contributed by atoms with Crippen LogP contribution in [-0.2, 0) is 23.1 Å². The van der Waals surface area contributed by atoms with Crippen molar-refractivity contribution < 1.29 is 17.9 Å². The van der Waals surface area contributed by atoms with E-state index < -0.39 is 10.0 Å². The van der Waals surface area contributed by atoms with Crippen LogP contribution >= 0.6 is 0 Å². The summed E-state index contributed by atoms with van der Waals surface area (Å²) in [6.07, 6.45) is 0.908. The average molecular weight is 337 g/mol. The zero-order valence-electron chi connectivity index (χ0n) is 13.1. The normalized spacial score (nSPS) is 14.2. The molecule has 0 aliphatic carbocycles. The lowest BCUT2D eigenvalue weighted by Crippen LogP contribution is -2.24. The van der Waals surface area contributed by atoms with E-state index in [0.29, 0.717) is 29.5 Å². The molecule has 1 aliphatic heterocycles. The van der Waals surface area contributed by atoms with Crippen LogP contribution in [0.25, 0.3) is 0 Å². The van der Waals surface area contributed by atoms with Gasteiger partial charge in [0.15, 0.2) is 0 Å². The first-order chi connectivity index (χ1) is 11.0. The van der Waals surface area contributed by atoms with Crippen molar-refractivity contribution >= 4 is 10.0 Å². The van der Waals surface area contributed by atoms with Gasteiger partial charge in [-0.15, -0.1) is 0 Å². The number of hydrogen-bond acceptors (Lipinski definition) is 5. The van der Waals surface area contributed by atoms with Gasteiger partial charge in [-0.25, -0.2) is 17.8 Å². The second-order valence-electron chi connectivity index (χ2n) is 5.36. The van der Waals surface area contributed by atoms with Crippen LogP contribution < -0.4 is 14.2 Å². The zero-order valence-corrected chi connectivity index (χ0v) is 13.9. The van der Waals surface area contributed by atoms with E-state index in [4.69, 9.17) is 9.47 Å². The molecule has 2 heterocycles. The summed E-state index contributed by atoms with van der Waals surface area (Å²) >= 11 is 0. The fourth-order valence-electron chi connectivity index (χ4n) is 2.50. The van der Waals surface area contributed by atoms with E-state index in [1.54, 1.807) is 36.9 Å². The van der Waals surface area contributed by atoms with Crippen molar-refractivity contribution in [1.82, 2.24) is 14.5 Å². The van der Waals surface area contributed by atoms with Crippen LogP contribution in [0.3, 0.4) is 0 Å². The maximum Gasteiger partial charge on any atom is 0.241 e. The second kappa shape index (κ2) is 6.21. The van der Waals surface area contributed by atoms with Crippen molar-refractivity contribution in [2.75, 3.05) is 13.7 Å². The minimum atomic E-state index is -3.61. The Morgan fingerprint density at radius 2 is 2.22 bits per heavy atom. The third-order valence-corrected chi connectivity index (χ3v) is 5.23. The quantitative estimate of drug-likeness (QED) is 0.893. The first kappa shape index (κ1) is 15.8. The van der Waals surface area contributed by atoms with Crippen molar-refractivity contribution in [1.29, 1.82) is 0 Å². The Morgan fingerprint density at radius 1 is 1.39 bits per heavy atom. The van der Waals surface area contributed by atoms with Gasteiger partial charge in [0.25, 0.3) is 0 Å². The lowest BCUT2D eigenvalue weighted by atomic mass is 10.2. The summed E-state index contributed by atoms with van der Waals surface area (Å²) in [7, 11) is -2.07. The van der Waals surface area contributed by atoms with Crippen molar-refractivity contribution in [3.63, 3.8) is 0 Å². The van der Waals surface area contributed by atoms with Crippen LogP contribution in [-0.4, -0.2) is 31.9 Å². The molecule has 3 rings (SSSR count). The van der Waals surface area contributed by atoms with Crippen molar-refractivity contribution in [2.45, 2.75) is 31.3 Å². The fourth-order valence-corrected chi connectivity index (χ4v) is 3.72. The smallest absolute Gasteiger partial charge is 0.241 e. The molecule has 8 heteroatoms. The Hall–Kier alpha value is -2.06. The van der Waals surface area contributed by atoms with Gasteiger partial charge in [-0.05, 0) is 30.7 Å². The minimum absolute atomic E-state index is 0.122. The standard InChI is InChI=1S/C15H19N3O4S/c1-11-8-13(21-2)4-5-14(11)23(19,20)16-10-12-9-15-18(17-12)6-3-7-22-15/h4-5,8-9,16H,3,6-7,10H2,1-2H3. The molecule has 0 spiro atoms. The number of fused-ring (bicyclic) bond motifs is 1. The molecule has 0 atom stereocenters. The van der Waals surface area contributed by atoms with Gasteiger partial charge in [-0.1, -0.05) is 0 Å².